The summed E-state index contributed by atoms with van der Waals surface area (Å²) in [4.78, 5) is 42.9. The van der Waals surface area contributed by atoms with Crippen LogP contribution >= 0.6 is 0 Å². The summed E-state index contributed by atoms with van der Waals surface area (Å²) in [5.41, 5.74) is -1.28. The van der Waals surface area contributed by atoms with Gasteiger partial charge in [-0.15, -0.1) is 0 Å². The Morgan fingerprint density at radius 2 is 1.78 bits per heavy atom. The highest BCUT2D eigenvalue weighted by molar-refractivity contribution is 6.24. The van der Waals surface area contributed by atoms with Crippen molar-refractivity contribution in [3.63, 3.8) is 0 Å². The lowest BCUT2D eigenvalue weighted by Gasteiger charge is -2.50. The van der Waals surface area contributed by atoms with Crippen LogP contribution in [0.2, 0.25) is 0 Å². The molecule has 0 aromatic heterocycles. The first kappa shape index (κ1) is 32.5. The largest absolute Gasteiger partial charge is 0.510 e. The second kappa shape index (κ2) is 11.4. The van der Waals surface area contributed by atoms with Gasteiger partial charge in [-0.25, -0.2) is 0 Å². The standard InChI is InChI=1S/C32H38F3N3O8/c1-37(2)25-19-8-16-7-18-22(26(40)21(16)28(42)31(19,45)29(43)23(27(25)41)30(36)44)20(39)9-17(24(18)32(33,34)35)12-38(10-14-3-4-14)11-15-5-6-46-13-15/h9,14-16,19,25,39,41-42,45H,3-8,10-13H2,1-2H3,(H2,36,44)/t15?,16-,19-,25-,31-/m0/s1. The molecular formula is C32H38F3N3O8. The molecular weight excluding hydrogens is 611 g/mol. The Bertz CT molecular complexity index is 1560. The molecule has 1 heterocycles. The number of alkyl halides is 3. The molecule has 5 aliphatic rings. The number of carbonyl (C=O) groups is 3. The van der Waals surface area contributed by atoms with Gasteiger partial charge in [-0.05, 0) is 81.1 Å². The number of aliphatic hydroxyl groups excluding tert-OH is 2. The van der Waals surface area contributed by atoms with Crippen LogP contribution in [0.4, 0.5) is 13.2 Å². The molecule has 6 N–H and O–H groups in total. The molecule has 1 aromatic rings. The molecule has 0 spiro atoms. The number of rotatable bonds is 8. The van der Waals surface area contributed by atoms with Crippen molar-refractivity contribution < 1.29 is 52.7 Å². The molecule has 5 atom stereocenters. The number of nitrogens with zero attached hydrogens (tertiary/aromatic N) is 2. The number of phenolic OH excluding ortho intramolecular Hbond substituents is 1. The number of ketones is 2. The van der Waals surface area contributed by atoms with E-state index in [0.29, 0.717) is 32.2 Å². The number of likely N-dealkylation sites (N-methyl/N-ethyl adjacent to an activating group) is 1. The quantitative estimate of drug-likeness (QED) is 0.263. The second-order valence-corrected chi connectivity index (χ2v) is 13.6. The average Bonchev–Trinajstić information content (AvgIpc) is 3.60. The van der Waals surface area contributed by atoms with Gasteiger partial charge in [0, 0.05) is 37.7 Å². The summed E-state index contributed by atoms with van der Waals surface area (Å²) in [7, 11) is 2.95. The van der Waals surface area contributed by atoms with Gasteiger partial charge in [0.2, 0.25) is 5.78 Å². The number of primary amides is 1. The Labute approximate surface area is 263 Å². The minimum atomic E-state index is -4.90. The van der Waals surface area contributed by atoms with E-state index in [1.165, 1.54) is 19.0 Å². The third-order valence-electron chi connectivity index (χ3n) is 10.2. The Morgan fingerprint density at radius 3 is 2.35 bits per heavy atom. The number of fused-ring (bicyclic) bond motifs is 3. The fourth-order valence-corrected chi connectivity index (χ4v) is 8.07. The molecule has 0 radical (unpaired) electrons. The van der Waals surface area contributed by atoms with Crippen LogP contribution in [0.3, 0.4) is 0 Å². The molecule has 2 fully saturated rings. The molecule has 1 saturated carbocycles. The van der Waals surface area contributed by atoms with Crippen molar-refractivity contribution in [3.8, 4) is 5.75 Å². The van der Waals surface area contributed by atoms with Gasteiger partial charge < -0.3 is 30.9 Å². The molecule has 14 heteroatoms. The summed E-state index contributed by atoms with van der Waals surface area (Å²) in [6.45, 7) is 2.13. The molecule has 46 heavy (non-hydrogen) atoms. The van der Waals surface area contributed by atoms with Crippen LogP contribution in [-0.4, -0.2) is 99.7 Å². The van der Waals surface area contributed by atoms with Crippen molar-refractivity contribution in [2.75, 3.05) is 40.4 Å². The van der Waals surface area contributed by atoms with E-state index in [9.17, 15) is 48.0 Å². The van der Waals surface area contributed by atoms with Crippen LogP contribution < -0.4 is 5.73 Å². The number of ether oxygens (including phenoxy) is 1. The molecule has 1 aromatic carbocycles. The highest BCUT2D eigenvalue weighted by Crippen LogP contribution is 2.54. The normalized spacial score (nSPS) is 29.8. The van der Waals surface area contributed by atoms with Crippen LogP contribution in [0.5, 0.6) is 5.75 Å². The molecule has 6 rings (SSSR count). The maximum atomic E-state index is 15.0. The number of carbonyl (C=O) groups excluding carboxylic acids is 3. The number of aliphatic hydroxyl groups is 3. The van der Waals surface area contributed by atoms with E-state index in [0.717, 1.165) is 25.3 Å². The Hall–Kier alpha value is -3.46. The minimum absolute atomic E-state index is 0.108. The van der Waals surface area contributed by atoms with Gasteiger partial charge in [0.15, 0.2) is 11.4 Å². The van der Waals surface area contributed by atoms with Crippen molar-refractivity contribution in [2.45, 2.75) is 56.5 Å². The van der Waals surface area contributed by atoms with Crippen LogP contribution in [0, 0.1) is 23.7 Å². The smallest absolute Gasteiger partial charge is 0.417 e. The number of halogens is 3. The van der Waals surface area contributed by atoms with Crippen molar-refractivity contribution in [1.82, 2.24) is 9.80 Å². The van der Waals surface area contributed by atoms with Crippen molar-refractivity contribution in [3.05, 3.63) is 51.0 Å². The van der Waals surface area contributed by atoms with Crippen molar-refractivity contribution in [1.29, 1.82) is 0 Å². The lowest BCUT2D eigenvalue weighted by Crippen LogP contribution is -2.63. The summed E-state index contributed by atoms with van der Waals surface area (Å²) >= 11 is 0. The van der Waals surface area contributed by atoms with Gasteiger partial charge in [-0.1, -0.05) is 0 Å². The number of Topliss-reactive ketones (excluding diaryl/α,β-unsaturated/α-hetero) is 2. The lowest BCUT2D eigenvalue weighted by atomic mass is 9.58. The number of phenols is 1. The minimum Gasteiger partial charge on any atom is -0.510 e. The second-order valence-electron chi connectivity index (χ2n) is 13.6. The number of nitrogens with two attached hydrogens (primary N) is 1. The highest BCUT2D eigenvalue weighted by atomic mass is 19.4. The van der Waals surface area contributed by atoms with Crippen LogP contribution in [0.25, 0.3) is 0 Å². The van der Waals surface area contributed by atoms with E-state index >= 15 is 0 Å². The molecule has 4 aliphatic carbocycles. The summed E-state index contributed by atoms with van der Waals surface area (Å²) in [6.07, 6.45) is -2.87. The van der Waals surface area contributed by atoms with Gasteiger partial charge in [0.05, 0.1) is 23.8 Å². The van der Waals surface area contributed by atoms with Gasteiger partial charge >= 0.3 is 6.18 Å². The van der Waals surface area contributed by atoms with Crippen molar-refractivity contribution in [2.24, 2.45) is 29.4 Å². The number of benzene rings is 1. The van der Waals surface area contributed by atoms with Crippen molar-refractivity contribution >= 4 is 17.5 Å². The lowest BCUT2D eigenvalue weighted by molar-refractivity contribution is -0.148. The molecule has 1 amide bonds. The first-order chi connectivity index (χ1) is 21.5. The van der Waals surface area contributed by atoms with E-state index in [4.69, 9.17) is 10.5 Å². The number of amides is 1. The average molecular weight is 650 g/mol. The number of hydrogen-bond acceptors (Lipinski definition) is 10. The van der Waals surface area contributed by atoms with Gasteiger partial charge in [-0.3, -0.25) is 24.2 Å². The first-order valence-electron chi connectivity index (χ1n) is 15.4. The zero-order valence-electron chi connectivity index (χ0n) is 25.6. The zero-order valence-corrected chi connectivity index (χ0v) is 25.6. The topological polar surface area (TPSA) is 174 Å². The molecule has 0 bridgehead atoms. The molecule has 1 unspecified atom stereocenters. The Kier molecular flexibility index (Phi) is 8.02. The number of aromatic hydroxyl groups is 1. The number of allylic oxidation sites excluding steroid dienone is 1. The van der Waals surface area contributed by atoms with Crippen LogP contribution in [0.1, 0.15) is 52.7 Å². The van der Waals surface area contributed by atoms with Crippen LogP contribution in [-0.2, 0) is 33.5 Å². The summed E-state index contributed by atoms with van der Waals surface area (Å²) in [6, 6.07) is -0.300. The first-order valence-corrected chi connectivity index (χ1v) is 15.4. The molecule has 1 aliphatic heterocycles. The third kappa shape index (κ3) is 5.19. The third-order valence-corrected chi connectivity index (χ3v) is 10.2. The Morgan fingerprint density at radius 1 is 1.11 bits per heavy atom. The predicted molar refractivity (Wildman–Crippen MR) is 156 cm³/mol. The Balaban J connectivity index is 1.46. The van der Waals surface area contributed by atoms with E-state index in [1.54, 1.807) is 0 Å². The molecule has 1 saturated heterocycles. The zero-order chi connectivity index (χ0) is 33.5. The number of hydrogen-bond donors (Lipinski definition) is 5. The maximum absolute atomic E-state index is 15.0. The van der Waals surface area contributed by atoms with E-state index in [1.807, 2.05) is 4.90 Å². The summed E-state index contributed by atoms with van der Waals surface area (Å²) in [5.74, 6) is -8.43. The maximum Gasteiger partial charge on any atom is 0.417 e. The molecule has 250 valence electrons. The summed E-state index contributed by atoms with van der Waals surface area (Å²) in [5, 5.41) is 45.2. The van der Waals surface area contributed by atoms with E-state index in [-0.39, 0.29) is 24.4 Å². The monoisotopic (exact) mass is 649 g/mol. The fraction of sp³-hybridized carbons (Fsp3) is 0.594. The van der Waals surface area contributed by atoms with E-state index < -0.39 is 98.7 Å². The SMILES string of the molecule is CN(C)[C@@H]1C(O)=C(C(N)=O)C(=O)[C@@]2(O)C(O)=C3C(=O)c4c(O)cc(CN(CC5CC5)CC5CCOC5)c(C(F)(F)F)c4C[C@H]3C[C@@H]12. The summed E-state index contributed by atoms with van der Waals surface area (Å²) < 4.78 is 50.4. The predicted octanol–water partition coefficient (Wildman–Crippen LogP) is 2.39. The van der Waals surface area contributed by atoms with Crippen LogP contribution in [0.15, 0.2) is 28.7 Å². The highest BCUT2D eigenvalue weighted by Gasteiger charge is 2.63. The van der Waals surface area contributed by atoms with Gasteiger partial charge in [-0.2, -0.15) is 13.2 Å². The molecule has 11 nitrogen and oxygen atoms in total. The fourth-order valence-electron chi connectivity index (χ4n) is 8.07. The van der Waals surface area contributed by atoms with Gasteiger partial charge in [0.1, 0.15) is 22.8 Å². The van der Waals surface area contributed by atoms with Gasteiger partial charge in [0.25, 0.3) is 5.91 Å². The van der Waals surface area contributed by atoms with E-state index in [2.05, 4.69) is 0 Å².